The predicted molar refractivity (Wildman–Crippen MR) is 83.5 cm³/mol. The van der Waals surface area contributed by atoms with E-state index in [1.165, 1.54) is 20.4 Å². The minimum absolute atomic E-state index is 0.0829. The van der Waals surface area contributed by atoms with E-state index >= 15 is 0 Å². The summed E-state index contributed by atoms with van der Waals surface area (Å²) in [4.78, 5) is 37.0. The van der Waals surface area contributed by atoms with Crippen molar-refractivity contribution in [1.29, 1.82) is 0 Å². The molecule has 1 fully saturated rings. The zero-order chi connectivity index (χ0) is 17.5. The van der Waals surface area contributed by atoms with E-state index in [9.17, 15) is 14.4 Å². The average Bonchev–Trinajstić information content (AvgIpc) is 2.60. The third-order valence-electron chi connectivity index (χ3n) is 4.53. The zero-order valence-electron chi connectivity index (χ0n) is 13.5. The van der Waals surface area contributed by atoms with Gasteiger partial charge in [-0.1, -0.05) is 6.08 Å². The van der Waals surface area contributed by atoms with Gasteiger partial charge in [0.1, 0.15) is 11.1 Å². The van der Waals surface area contributed by atoms with Crippen LogP contribution in [0.4, 0.5) is 0 Å². The number of nitrogens with one attached hydrogen (secondary N) is 1. The Bertz CT molecular complexity index is 784. The Morgan fingerprint density at radius 2 is 2.25 bits per heavy atom. The van der Waals surface area contributed by atoms with Crippen molar-refractivity contribution >= 4 is 11.9 Å². The van der Waals surface area contributed by atoms with Gasteiger partial charge in [-0.15, -0.1) is 6.58 Å². The van der Waals surface area contributed by atoms with Crippen molar-refractivity contribution in [3.63, 3.8) is 0 Å². The normalized spacial score (nSPS) is 25.1. The van der Waals surface area contributed by atoms with Crippen LogP contribution in [0.15, 0.2) is 23.6 Å². The fraction of sp³-hybridized carbons (Fsp3) is 0.438. The third kappa shape index (κ3) is 2.14. The Morgan fingerprint density at radius 3 is 2.88 bits per heavy atom. The first-order valence-electron chi connectivity index (χ1n) is 7.44. The van der Waals surface area contributed by atoms with Crippen molar-refractivity contribution in [2.24, 2.45) is 0 Å². The topological polar surface area (TPSA) is 95.9 Å². The highest BCUT2D eigenvalue weighted by Gasteiger charge is 2.47. The Morgan fingerprint density at radius 1 is 1.50 bits per heavy atom. The molecule has 1 aromatic heterocycles. The Balaban J connectivity index is 2.31. The van der Waals surface area contributed by atoms with Gasteiger partial charge in [-0.2, -0.15) is 0 Å². The lowest BCUT2D eigenvalue weighted by atomic mass is 9.84. The van der Waals surface area contributed by atoms with Crippen molar-refractivity contribution in [1.82, 2.24) is 9.88 Å². The summed E-state index contributed by atoms with van der Waals surface area (Å²) >= 11 is 0. The van der Waals surface area contributed by atoms with Crippen molar-refractivity contribution in [3.8, 4) is 5.75 Å². The summed E-state index contributed by atoms with van der Waals surface area (Å²) in [6.07, 6.45) is 3.56. The molecule has 0 aromatic carbocycles. The molecule has 24 heavy (non-hydrogen) atoms. The van der Waals surface area contributed by atoms with Gasteiger partial charge in [0.25, 0.3) is 5.91 Å². The fourth-order valence-corrected chi connectivity index (χ4v) is 3.33. The molecule has 0 unspecified atom stereocenters. The van der Waals surface area contributed by atoms with Crippen LogP contribution in [0.1, 0.15) is 33.3 Å². The predicted octanol–water partition coefficient (Wildman–Crippen LogP) is 0.273. The summed E-state index contributed by atoms with van der Waals surface area (Å²) in [5, 5.41) is 2.86. The fourth-order valence-electron chi connectivity index (χ4n) is 3.33. The number of amides is 1. The number of esters is 1. The van der Waals surface area contributed by atoms with Crippen molar-refractivity contribution < 1.29 is 23.8 Å². The number of fused-ring (bicyclic) bond motifs is 3. The van der Waals surface area contributed by atoms with Crippen LogP contribution in [0.5, 0.6) is 5.75 Å². The van der Waals surface area contributed by atoms with E-state index in [1.54, 1.807) is 10.6 Å². The average molecular weight is 334 g/mol. The van der Waals surface area contributed by atoms with Crippen LogP contribution in [-0.4, -0.2) is 49.4 Å². The van der Waals surface area contributed by atoms with Gasteiger partial charge in [0.05, 0.1) is 26.9 Å². The second kappa shape index (κ2) is 5.79. The van der Waals surface area contributed by atoms with E-state index in [1.807, 2.05) is 0 Å². The lowest BCUT2D eigenvalue weighted by molar-refractivity contribution is -0.000233. The number of methoxy groups -OCH3 is 2. The van der Waals surface area contributed by atoms with Crippen molar-refractivity contribution in [3.05, 3.63) is 40.3 Å². The number of hydrogen-bond acceptors (Lipinski definition) is 6. The number of nitrogens with zero attached hydrogens (tertiary/aromatic N) is 1. The second-order valence-electron chi connectivity index (χ2n) is 5.71. The molecule has 3 heterocycles. The molecular formula is C16H18N2O6. The molecule has 2 atom stereocenters. The van der Waals surface area contributed by atoms with E-state index in [0.29, 0.717) is 13.0 Å². The van der Waals surface area contributed by atoms with Gasteiger partial charge in [-0.3, -0.25) is 9.59 Å². The number of carbonyl (C=O) groups excluding carboxylic acids is 2. The molecule has 2 aliphatic rings. The molecule has 1 amide bonds. The largest absolute Gasteiger partial charge is 0.491 e. The van der Waals surface area contributed by atoms with Gasteiger partial charge < -0.3 is 24.1 Å². The minimum Gasteiger partial charge on any atom is -0.491 e. The number of carbonyl (C=O) groups is 2. The highest BCUT2D eigenvalue weighted by Crippen LogP contribution is 2.38. The molecule has 1 aromatic rings. The summed E-state index contributed by atoms with van der Waals surface area (Å²) < 4.78 is 16.9. The molecule has 0 spiro atoms. The monoisotopic (exact) mass is 334 g/mol. The summed E-state index contributed by atoms with van der Waals surface area (Å²) in [5.74, 6) is -1.45. The van der Waals surface area contributed by atoms with Crippen molar-refractivity contribution in [2.75, 3.05) is 27.4 Å². The summed E-state index contributed by atoms with van der Waals surface area (Å²) in [6.45, 7) is 4.55. The minimum atomic E-state index is -0.810. The molecule has 1 N–H and O–H groups in total. The van der Waals surface area contributed by atoms with Crippen LogP contribution < -0.4 is 15.5 Å². The van der Waals surface area contributed by atoms with Gasteiger partial charge in [0, 0.05) is 12.8 Å². The molecule has 8 nitrogen and oxygen atoms in total. The number of rotatable bonds is 3. The summed E-state index contributed by atoms with van der Waals surface area (Å²) in [7, 11) is 2.47. The second-order valence-corrected chi connectivity index (χ2v) is 5.71. The van der Waals surface area contributed by atoms with Crippen LogP contribution in [0.25, 0.3) is 0 Å². The van der Waals surface area contributed by atoms with Gasteiger partial charge in [0.2, 0.25) is 5.43 Å². The quantitative estimate of drug-likeness (QED) is 0.630. The van der Waals surface area contributed by atoms with Gasteiger partial charge >= 0.3 is 5.97 Å². The molecule has 0 bridgehead atoms. The lowest BCUT2D eigenvalue weighted by Gasteiger charge is -2.47. The van der Waals surface area contributed by atoms with Gasteiger partial charge in [-0.25, -0.2) is 4.79 Å². The smallest absolute Gasteiger partial charge is 0.343 e. The Hall–Kier alpha value is -2.61. The van der Waals surface area contributed by atoms with E-state index in [0.717, 1.165) is 0 Å². The molecular weight excluding hydrogens is 316 g/mol. The Labute approximate surface area is 138 Å². The Kier molecular flexibility index (Phi) is 3.92. The summed E-state index contributed by atoms with van der Waals surface area (Å²) in [5.41, 5.74) is -1.59. The lowest BCUT2D eigenvalue weighted by Crippen LogP contribution is -2.62. The molecule has 1 saturated heterocycles. The van der Waals surface area contributed by atoms with Gasteiger partial charge in [-0.05, 0) is 6.42 Å². The maximum Gasteiger partial charge on any atom is 0.343 e. The van der Waals surface area contributed by atoms with Crippen LogP contribution >= 0.6 is 0 Å². The molecule has 2 aliphatic heterocycles. The maximum absolute atomic E-state index is 12.6. The highest BCUT2D eigenvalue weighted by molar-refractivity contribution is 5.98. The maximum atomic E-state index is 12.6. The molecule has 0 radical (unpaired) electrons. The molecule has 128 valence electrons. The molecule has 0 saturated carbocycles. The number of aromatic nitrogens is 1. The summed E-state index contributed by atoms with van der Waals surface area (Å²) in [6, 6.07) is -0.255. The van der Waals surface area contributed by atoms with Gasteiger partial charge in [0.15, 0.2) is 11.4 Å². The standard InChI is InChI=1S/C16H18N2O6/c1-4-16-8-24-6-5-10(16)18-7-9(15(21)23-3)12(19)13(22-2)11(18)14(20)17-16/h4,7,10H,1,5-6,8H2,2-3H3,(H,17,20)/t10-,16+/m0/s1. The highest BCUT2D eigenvalue weighted by atomic mass is 16.5. The van der Waals surface area contributed by atoms with E-state index in [2.05, 4.69) is 16.6 Å². The third-order valence-corrected chi connectivity index (χ3v) is 4.53. The molecule has 0 aliphatic carbocycles. The van der Waals surface area contributed by atoms with E-state index < -0.39 is 22.8 Å². The van der Waals surface area contributed by atoms with Crippen LogP contribution in [-0.2, 0) is 9.47 Å². The first-order valence-corrected chi connectivity index (χ1v) is 7.44. The van der Waals surface area contributed by atoms with E-state index in [4.69, 9.17) is 9.47 Å². The molecule has 3 rings (SSSR count). The van der Waals surface area contributed by atoms with Crippen LogP contribution in [0.3, 0.4) is 0 Å². The molecule has 8 heteroatoms. The number of hydrogen-bond donors (Lipinski definition) is 1. The van der Waals surface area contributed by atoms with Crippen LogP contribution in [0, 0.1) is 0 Å². The number of ether oxygens (including phenoxy) is 3. The SMILES string of the molecule is C=C[C@@]12COCC[C@@H]1n1cc(C(=O)OC)c(=O)c(OC)c1C(=O)N2. The zero-order valence-corrected chi connectivity index (χ0v) is 13.5. The van der Waals surface area contributed by atoms with E-state index in [-0.39, 0.29) is 29.7 Å². The number of pyridine rings is 1. The first-order chi connectivity index (χ1) is 11.5. The van der Waals surface area contributed by atoms with Crippen molar-refractivity contribution in [2.45, 2.75) is 18.0 Å². The van der Waals surface area contributed by atoms with Crippen LogP contribution in [0.2, 0.25) is 0 Å². The first kappa shape index (κ1) is 16.3.